The number of hydrogen-bond acceptors (Lipinski definition) is 4. The first-order valence-electron chi connectivity index (χ1n) is 7.42. The number of nitrogens with zero attached hydrogens (tertiary/aromatic N) is 2. The third-order valence-corrected chi connectivity index (χ3v) is 3.70. The van der Waals surface area contributed by atoms with E-state index in [0.717, 1.165) is 37.2 Å². The predicted molar refractivity (Wildman–Crippen MR) is 79.7 cm³/mol. The smallest absolute Gasteiger partial charge is 0.257 e. The molecule has 20 heavy (non-hydrogen) atoms. The van der Waals surface area contributed by atoms with Crippen LogP contribution in [-0.4, -0.2) is 16.7 Å². The Morgan fingerprint density at radius 2 is 2.25 bits per heavy atom. The Morgan fingerprint density at radius 1 is 1.35 bits per heavy atom. The van der Waals surface area contributed by atoms with Gasteiger partial charge in [-0.1, -0.05) is 19.0 Å². The van der Waals surface area contributed by atoms with Crippen molar-refractivity contribution in [2.75, 3.05) is 11.9 Å². The molecule has 0 atom stereocenters. The van der Waals surface area contributed by atoms with Crippen molar-refractivity contribution >= 4 is 5.69 Å². The normalized spacial score (nSPS) is 14.2. The lowest BCUT2D eigenvalue weighted by Crippen LogP contribution is -2.11. The van der Waals surface area contributed by atoms with Crippen molar-refractivity contribution in [3.63, 3.8) is 0 Å². The SMILES string of the molecule is CC(C)CCc1noc(-c2ccc3c(c2)CCCN3)n1. The molecule has 0 saturated heterocycles. The maximum absolute atomic E-state index is 5.39. The number of anilines is 1. The molecule has 0 unspecified atom stereocenters. The second-order valence-corrected chi connectivity index (χ2v) is 5.85. The molecule has 1 aromatic carbocycles. The monoisotopic (exact) mass is 271 g/mol. The average molecular weight is 271 g/mol. The van der Waals surface area contributed by atoms with E-state index in [2.05, 4.69) is 47.5 Å². The Balaban J connectivity index is 1.79. The maximum Gasteiger partial charge on any atom is 0.257 e. The number of benzene rings is 1. The lowest BCUT2D eigenvalue weighted by atomic mass is 10.0. The first-order valence-corrected chi connectivity index (χ1v) is 7.42. The lowest BCUT2D eigenvalue weighted by molar-refractivity contribution is 0.419. The summed E-state index contributed by atoms with van der Waals surface area (Å²) in [4.78, 5) is 4.50. The van der Waals surface area contributed by atoms with Crippen LogP contribution in [0.15, 0.2) is 22.7 Å². The van der Waals surface area contributed by atoms with Gasteiger partial charge in [0.25, 0.3) is 5.89 Å². The first kappa shape index (κ1) is 13.2. The second-order valence-electron chi connectivity index (χ2n) is 5.85. The Morgan fingerprint density at radius 3 is 3.10 bits per heavy atom. The summed E-state index contributed by atoms with van der Waals surface area (Å²) in [7, 11) is 0. The van der Waals surface area contributed by atoms with Gasteiger partial charge >= 0.3 is 0 Å². The summed E-state index contributed by atoms with van der Waals surface area (Å²) in [5.41, 5.74) is 3.60. The van der Waals surface area contributed by atoms with Crippen molar-refractivity contribution in [1.82, 2.24) is 10.1 Å². The summed E-state index contributed by atoms with van der Waals surface area (Å²) in [6, 6.07) is 6.33. The van der Waals surface area contributed by atoms with Gasteiger partial charge in [-0.05, 0) is 48.9 Å². The third kappa shape index (κ3) is 2.84. The van der Waals surface area contributed by atoms with Crippen LogP contribution in [0.4, 0.5) is 5.69 Å². The Bertz CT molecular complexity index is 589. The molecule has 4 nitrogen and oxygen atoms in total. The zero-order chi connectivity index (χ0) is 13.9. The number of aromatic nitrogens is 2. The molecule has 1 aromatic heterocycles. The second kappa shape index (κ2) is 5.65. The zero-order valence-corrected chi connectivity index (χ0v) is 12.1. The van der Waals surface area contributed by atoms with Crippen LogP contribution in [0.5, 0.6) is 0 Å². The maximum atomic E-state index is 5.39. The van der Waals surface area contributed by atoms with Crippen LogP contribution in [0.3, 0.4) is 0 Å². The molecular formula is C16H21N3O. The fraction of sp³-hybridized carbons (Fsp3) is 0.500. The van der Waals surface area contributed by atoms with Crippen molar-refractivity contribution in [2.24, 2.45) is 5.92 Å². The van der Waals surface area contributed by atoms with Crippen molar-refractivity contribution in [2.45, 2.75) is 39.5 Å². The summed E-state index contributed by atoms with van der Waals surface area (Å²) in [5.74, 6) is 2.11. The summed E-state index contributed by atoms with van der Waals surface area (Å²) >= 11 is 0. The molecule has 0 fully saturated rings. The number of hydrogen-bond donors (Lipinski definition) is 1. The molecule has 0 radical (unpaired) electrons. The molecule has 0 bridgehead atoms. The Kier molecular flexibility index (Phi) is 3.72. The van der Waals surface area contributed by atoms with Crippen molar-refractivity contribution in [3.8, 4) is 11.5 Å². The minimum atomic E-state index is 0.636. The molecular weight excluding hydrogens is 250 g/mol. The van der Waals surface area contributed by atoms with Gasteiger partial charge in [0.15, 0.2) is 5.82 Å². The quantitative estimate of drug-likeness (QED) is 0.921. The Labute approximate surface area is 119 Å². The van der Waals surface area contributed by atoms with E-state index in [1.165, 1.54) is 17.7 Å². The highest BCUT2D eigenvalue weighted by Gasteiger charge is 2.13. The molecule has 1 N–H and O–H groups in total. The molecule has 4 heteroatoms. The predicted octanol–water partition coefficient (Wildman–Crippen LogP) is 3.68. The van der Waals surface area contributed by atoms with Crippen LogP contribution >= 0.6 is 0 Å². The fourth-order valence-electron chi connectivity index (χ4n) is 2.50. The molecule has 0 saturated carbocycles. The highest BCUT2D eigenvalue weighted by Crippen LogP contribution is 2.27. The summed E-state index contributed by atoms with van der Waals surface area (Å²) in [6.07, 6.45) is 4.27. The van der Waals surface area contributed by atoms with Crippen LogP contribution in [-0.2, 0) is 12.8 Å². The van der Waals surface area contributed by atoms with Gasteiger partial charge in [-0.15, -0.1) is 0 Å². The van der Waals surface area contributed by atoms with Gasteiger partial charge in [0.1, 0.15) is 0 Å². The van der Waals surface area contributed by atoms with Crippen molar-refractivity contribution in [1.29, 1.82) is 0 Å². The molecule has 2 aromatic rings. The van der Waals surface area contributed by atoms with Gasteiger partial charge in [0.05, 0.1) is 0 Å². The number of aryl methyl sites for hydroxylation is 2. The first-order chi connectivity index (χ1) is 9.72. The van der Waals surface area contributed by atoms with E-state index in [1.54, 1.807) is 0 Å². The lowest BCUT2D eigenvalue weighted by Gasteiger charge is -2.17. The minimum absolute atomic E-state index is 0.636. The van der Waals surface area contributed by atoms with Gasteiger partial charge in [0, 0.05) is 24.2 Å². The van der Waals surface area contributed by atoms with E-state index in [-0.39, 0.29) is 0 Å². The van der Waals surface area contributed by atoms with Crippen molar-refractivity contribution in [3.05, 3.63) is 29.6 Å². The van der Waals surface area contributed by atoms with E-state index in [1.807, 2.05) is 0 Å². The number of rotatable bonds is 4. The molecule has 0 aliphatic carbocycles. The largest absolute Gasteiger partial charge is 0.385 e. The molecule has 0 amide bonds. The molecule has 1 aliphatic rings. The van der Waals surface area contributed by atoms with Crippen molar-refractivity contribution < 1.29 is 4.52 Å². The highest BCUT2D eigenvalue weighted by molar-refractivity contribution is 5.63. The van der Waals surface area contributed by atoms with E-state index in [4.69, 9.17) is 4.52 Å². The molecule has 106 valence electrons. The molecule has 0 spiro atoms. The third-order valence-electron chi connectivity index (χ3n) is 3.70. The molecule has 3 rings (SSSR count). The summed E-state index contributed by atoms with van der Waals surface area (Å²) in [6.45, 7) is 5.47. The molecule has 1 aliphatic heterocycles. The van der Waals surface area contributed by atoms with E-state index in [0.29, 0.717) is 11.8 Å². The van der Waals surface area contributed by atoms with Gasteiger partial charge in [0.2, 0.25) is 0 Å². The van der Waals surface area contributed by atoms with E-state index >= 15 is 0 Å². The van der Waals surface area contributed by atoms with Crippen LogP contribution < -0.4 is 5.32 Å². The topological polar surface area (TPSA) is 51.0 Å². The molecule has 2 heterocycles. The summed E-state index contributed by atoms with van der Waals surface area (Å²) < 4.78 is 5.39. The van der Waals surface area contributed by atoms with Gasteiger partial charge in [-0.25, -0.2) is 0 Å². The summed E-state index contributed by atoms with van der Waals surface area (Å²) in [5, 5.41) is 7.49. The minimum Gasteiger partial charge on any atom is -0.385 e. The van der Waals surface area contributed by atoms with Crippen LogP contribution in [0.25, 0.3) is 11.5 Å². The number of nitrogens with one attached hydrogen (secondary N) is 1. The standard InChI is InChI=1S/C16H21N3O/c1-11(2)5-8-15-18-16(20-19-15)13-6-7-14-12(10-13)4-3-9-17-14/h6-7,10-11,17H,3-5,8-9H2,1-2H3. The highest BCUT2D eigenvalue weighted by atomic mass is 16.5. The van der Waals surface area contributed by atoms with Gasteiger partial charge in [-0.3, -0.25) is 0 Å². The fourth-order valence-corrected chi connectivity index (χ4v) is 2.50. The van der Waals surface area contributed by atoms with E-state index in [9.17, 15) is 0 Å². The van der Waals surface area contributed by atoms with Gasteiger partial charge < -0.3 is 9.84 Å². The number of fused-ring (bicyclic) bond motifs is 1. The van der Waals surface area contributed by atoms with Crippen LogP contribution in [0, 0.1) is 5.92 Å². The van der Waals surface area contributed by atoms with Gasteiger partial charge in [-0.2, -0.15) is 4.98 Å². The average Bonchev–Trinajstić information content (AvgIpc) is 2.93. The van der Waals surface area contributed by atoms with Crippen LogP contribution in [0.1, 0.15) is 38.1 Å². The Hall–Kier alpha value is -1.84. The van der Waals surface area contributed by atoms with E-state index < -0.39 is 0 Å². The van der Waals surface area contributed by atoms with Crippen LogP contribution in [0.2, 0.25) is 0 Å². The zero-order valence-electron chi connectivity index (χ0n) is 12.1.